The van der Waals surface area contributed by atoms with E-state index in [4.69, 9.17) is 0 Å². The zero-order valence-corrected chi connectivity index (χ0v) is 37.4. The largest absolute Gasteiger partial charge is 0.355 e. The lowest BCUT2D eigenvalue weighted by atomic mass is 9.80. The van der Waals surface area contributed by atoms with Gasteiger partial charge >= 0.3 is 0 Å². The van der Waals surface area contributed by atoms with E-state index in [9.17, 15) is 0 Å². The van der Waals surface area contributed by atoms with Gasteiger partial charge in [0.25, 0.3) is 0 Å². The van der Waals surface area contributed by atoms with Crippen molar-refractivity contribution in [3.8, 4) is 44.5 Å². The van der Waals surface area contributed by atoms with Gasteiger partial charge in [0.15, 0.2) is 0 Å². The summed E-state index contributed by atoms with van der Waals surface area (Å²) in [4.78, 5) is 2.61. The quantitative estimate of drug-likeness (QED) is 0.180. The first-order valence-corrected chi connectivity index (χ1v) is 22.2. The Kier molecular flexibility index (Phi) is 9.41. The number of hydrogen-bond donors (Lipinski definition) is 1. The number of anilines is 5. The molecule has 306 valence electrons. The van der Waals surface area contributed by atoms with Gasteiger partial charge in [0.2, 0.25) is 0 Å². The summed E-state index contributed by atoms with van der Waals surface area (Å²) in [7, 11) is 0. The fourth-order valence-electron chi connectivity index (χ4n) is 9.87. The van der Waals surface area contributed by atoms with Crippen LogP contribution >= 0.6 is 0 Å². The van der Waals surface area contributed by atoms with Crippen LogP contribution in [0.4, 0.5) is 28.4 Å². The standard InChI is InChI=1S/C60H56N2/c1-58(2,3)43-27-30-45(31-28-43)61-54-26-18-16-24-47(54)49-33-41(39-19-11-9-12-20-39)36-57-51(49)35-42-34-50-46-23-15-17-25-52(46)60(7,8)53(50)38-56(42)62(57)55-32-29-44(59(4,5)6)37-48(55)40-21-13-10-14-22-40/h9-34,36-38,61H,35H2,1-8H3. The predicted molar refractivity (Wildman–Crippen MR) is 265 cm³/mol. The summed E-state index contributed by atoms with van der Waals surface area (Å²) in [5.74, 6) is 0. The molecule has 0 saturated heterocycles. The van der Waals surface area contributed by atoms with Crippen molar-refractivity contribution in [3.05, 3.63) is 209 Å². The average Bonchev–Trinajstić information content (AvgIpc) is 3.49. The average molecular weight is 805 g/mol. The van der Waals surface area contributed by atoms with E-state index in [1.165, 1.54) is 95.0 Å². The number of fused-ring (bicyclic) bond motifs is 5. The zero-order valence-electron chi connectivity index (χ0n) is 37.4. The van der Waals surface area contributed by atoms with Crippen molar-refractivity contribution >= 4 is 28.4 Å². The molecule has 0 fully saturated rings. The minimum atomic E-state index is -0.141. The maximum absolute atomic E-state index is 3.87. The molecule has 2 heteroatoms. The summed E-state index contributed by atoms with van der Waals surface area (Å²) in [6.07, 6.45) is 0.802. The lowest BCUT2D eigenvalue weighted by Crippen LogP contribution is -2.22. The van der Waals surface area contributed by atoms with Crippen LogP contribution in [0.5, 0.6) is 0 Å². The van der Waals surface area contributed by atoms with Crippen molar-refractivity contribution in [1.29, 1.82) is 0 Å². The molecule has 1 heterocycles. The van der Waals surface area contributed by atoms with Gasteiger partial charge < -0.3 is 10.2 Å². The lowest BCUT2D eigenvalue weighted by molar-refractivity contribution is 0.590. The van der Waals surface area contributed by atoms with E-state index in [-0.39, 0.29) is 16.2 Å². The second-order valence-electron chi connectivity index (χ2n) is 19.9. The Morgan fingerprint density at radius 1 is 0.435 bits per heavy atom. The molecule has 8 aromatic carbocycles. The summed E-state index contributed by atoms with van der Waals surface area (Å²) in [6, 6.07) is 65.9. The van der Waals surface area contributed by atoms with Crippen LogP contribution in [0.3, 0.4) is 0 Å². The molecule has 0 saturated carbocycles. The normalized spacial score (nSPS) is 13.8. The van der Waals surface area contributed by atoms with Crippen LogP contribution in [-0.4, -0.2) is 0 Å². The molecule has 1 aliphatic carbocycles. The molecule has 2 nitrogen and oxygen atoms in total. The van der Waals surface area contributed by atoms with Crippen LogP contribution < -0.4 is 10.2 Å². The van der Waals surface area contributed by atoms with Gasteiger partial charge in [-0.25, -0.2) is 0 Å². The van der Waals surface area contributed by atoms with Crippen molar-refractivity contribution in [3.63, 3.8) is 0 Å². The Balaban J connectivity index is 1.26. The molecule has 0 amide bonds. The number of benzene rings is 8. The summed E-state index contributed by atoms with van der Waals surface area (Å²) in [5.41, 5.74) is 23.7. The van der Waals surface area contributed by atoms with E-state index < -0.39 is 0 Å². The van der Waals surface area contributed by atoms with Gasteiger partial charge in [0.05, 0.1) is 17.1 Å². The highest BCUT2D eigenvalue weighted by Crippen LogP contribution is 2.56. The van der Waals surface area contributed by atoms with Gasteiger partial charge in [-0.1, -0.05) is 177 Å². The van der Waals surface area contributed by atoms with E-state index in [1.54, 1.807) is 0 Å². The zero-order chi connectivity index (χ0) is 43.0. The molecule has 0 atom stereocenters. The van der Waals surface area contributed by atoms with Crippen LogP contribution in [0.25, 0.3) is 44.5 Å². The SMILES string of the molecule is CC(C)(C)c1ccc(Nc2ccccc2-c2cc(-c3ccccc3)cc3c2Cc2cc4c(cc2N3c2ccc(C(C)(C)C)cc2-c2ccccc2)C(C)(C)c2ccccc2-4)cc1. The fourth-order valence-corrected chi connectivity index (χ4v) is 9.87. The number of nitrogens with one attached hydrogen (secondary N) is 1. The first kappa shape index (κ1) is 39.5. The summed E-state index contributed by atoms with van der Waals surface area (Å²) in [6.45, 7) is 18.5. The Hall–Kier alpha value is -6.64. The van der Waals surface area contributed by atoms with Crippen LogP contribution in [0.2, 0.25) is 0 Å². The van der Waals surface area contributed by atoms with Crippen LogP contribution in [0, 0.1) is 0 Å². The third-order valence-electron chi connectivity index (χ3n) is 13.4. The fraction of sp³-hybridized carbons (Fsp3) is 0.200. The van der Waals surface area contributed by atoms with E-state index in [0.29, 0.717) is 0 Å². The van der Waals surface area contributed by atoms with Crippen molar-refractivity contribution in [2.24, 2.45) is 0 Å². The topological polar surface area (TPSA) is 15.3 Å². The number of rotatable bonds is 6. The Bertz CT molecular complexity index is 2980. The van der Waals surface area contributed by atoms with E-state index >= 15 is 0 Å². The minimum Gasteiger partial charge on any atom is -0.355 e. The van der Waals surface area contributed by atoms with Crippen LogP contribution in [0.15, 0.2) is 176 Å². The predicted octanol–water partition coefficient (Wildman–Crippen LogP) is 16.7. The van der Waals surface area contributed by atoms with Crippen molar-refractivity contribution < 1.29 is 0 Å². The van der Waals surface area contributed by atoms with Crippen molar-refractivity contribution in [2.45, 2.75) is 78.1 Å². The van der Waals surface area contributed by atoms with Crippen LogP contribution in [0.1, 0.15) is 88.8 Å². The molecule has 8 aromatic rings. The van der Waals surface area contributed by atoms with Gasteiger partial charge in [0.1, 0.15) is 0 Å². The first-order chi connectivity index (χ1) is 29.8. The van der Waals surface area contributed by atoms with Crippen LogP contribution in [-0.2, 0) is 22.7 Å². The molecular formula is C60H56N2. The van der Waals surface area contributed by atoms with Gasteiger partial charge in [-0.15, -0.1) is 0 Å². The van der Waals surface area contributed by atoms with E-state index in [2.05, 4.69) is 242 Å². The number of para-hydroxylation sites is 1. The molecule has 62 heavy (non-hydrogen) atoms. The lowest BCUT2D eigenvalue weighted by Gasteiger charge is -2.38. The monoisotopic (exact) mass is 804 g/mol. The summed E-state index contributed by atoms with van der Waals surface area (Å²) in [5, 5.41) is 3.87. The third-order valence-corrected chi connectivity index (χ3v) is 13.4. The Morgan fingerprint density at radius 3 is 1.74 bits per heavy atom. The van der Waals surface area contributed by atoms with Gasteiger partial charge in [-0.05, 0) is 132 Å². The molecule has 0 bridgehead atoms. The van der Waals surface area contributed by atoms with Gasteiger partial charge in [-0.2, -0.15) is 0 Å². The molecule has 0 unspecified atom stereocenters. The number of hydrogen-bond acceptors (Lipinski definition) is 2. The summed E-state index contributed by atoms with van der Waals surface area (Å²) < 4.78 is 0. The molecule has 0 radical (unpaired) electrons. The molecular weight excluding hydrogens is 749 g/mol. The highest BCUT2D eigenvalue weighted by Gasteiger charge is 2.39. The molecule has 1 aliphatic heterocycles. The van der Waals surface area contributed by atoms with E-state index in [0.717, 1.165) is 17.8 Å². The van der Waals surface area contributed by atoms with Crippen molar-refractivity contribution in [2.75, 3.05) is 10.2 Å². The summed E-state index contributed by atoms with van der Waals surface area (Å²) >= 11 is 0. The van der Waals surface area contributed by atoms with E-state index in [1.807, 2.05) is 0 Å². The van der Waals surface area contributed by atoms with Gasteiger partial charge in [-0.3, -0.25) is 0 Å². The molecule has 0 aromatic heterocycles. The molecule has 1 N–H and O–H groups in total. The number of nitrogens with zero attached hydrogens (tertiary/aromatic N) is 1. The third kappa shape index (κ3) is 6.83. The Labute approximate surface area is 369 Å². The van der Waals surface area contributed by atoms with Crippen molar-refractivity contribution in [1.82, 2.24) is 0 Å². The maximum atomic E-state index is 3.87. The highest BCUT2D eigenvalue weighted by molar-refractivity contribution is 5.99. The second-order valence-corrected chi connectivity index (χ2v) is 19.9. The molecule has 0 spiro atoms. The Morgan fingerprint density at radius 2 is 1.05 bits per heavy atom. The highest BCUT2D eigenvalue weighted by atomic mass is 15.2. The second kappa shape index (κ2) is 14.8. The molecule has 2 aliphatic rings. The minimum absolute atomic E-state index is 0.0200. The first-order valence-electron chi connectivity index (χ1n) is 22.2. The van der Waals surface area contributed by atoms with Gasteiger partial charge in [0, 0.05) is 34.3 Å². The maximum Gasteiger partial charge on any atom is 0.0540 e. The smallest absolute Gasteiger partial charge is 0.0540 e. The molecule has 10 rings (SSSR count).